The predicted molar refractivity (Wildman–Crippen MR) is 55.3 cm³/mol. The van der Waals surface area contributed by atoms with E-state index in [2.05, 4.69) is 47.1 Å². The topological polar surface area (TPSA) is 0 Å². The summed E-state index contributed by atoms with van der Waals surface area (Å²) in [6.07, 6.45) is 2.73. The molecule has 1 fully saturated rings. The summed E-state index contributed by atoms with van der Waals surface area (Å²) in [5.41, 5.74) is 1.51. The molecule has 1 aromatic rings. The Bertz CT molecular complexity index is 280. The molecule has 64 valence electrons. The fraction of sp³-hybridized carbons (Fsp3) is 0.455. The molecular weight excluding hydrogens is 212 g/mol. The quantitative estimate of drug-likeness (QED) is 0.714. The number of benzene rings is 1. The van der Waals surface area contributed by atoms with Crippen LogP contribution < -0.4 is 0 Å². The Kier molecular flexibility index (Phi) is 2.22. The summed E-state index contributed by atoms with van der Waals surface area (Å²) < 4.78 is 1.21. The van der Waals surface area contributed by atoms with Gasteiger partial charge in [-0.3, -0.25) is 0 Å². The second kappa shape index (κ2) is 3.21. The molecule has 0 aliphatic heterocycles. The monoisotopic (exact) mass is 224 g/mol. The predicted octanol–water partition coefficient (Wildman–Crippen LogP) is 3.96. The van der Waals surface area contributed by atoms with E-state index in [-0.39, 0.29) is 0 Å². The van der Waals surface area contributed by atoms with Crippen LogP contribution in [-0.2, 0) is 0 Å². The lowest BCUT2D eigenvalue weighted by molar-refractivity contribution is 0.766. The lowest BCUT2D eigenvalue weighted by Gasteiger charge is -1.98. The second-order valence-electron chi connectivity index (χ2n) is 3.57. The fourth-order valence-corrected chi connectivity index (χ4v) is 2.26. The third-order valence-electron chi connectivity index (χ3n) is 2.72. The van der Waals surface area contributed by atoms with Crippen LogP contribution in [0.2, 0.25) is 0 Å². The molecule has 12 heavy (non-hydrogen) atoms. The molecular formula is C11H13Br. The molecule has 1 heteroatoms. The second-order valence-corrected chi connectivity index (χ2v) is 4.48. The molecule has 2 rings (SSSR count). The first-order valence-corrected chi connectivity index (χ1v) is 5.36. The Morgan fingerprint density at radius 1 is 1.50 bits per heavy atom. The van der Waals surface area contributed by atoms with Gasteiger partial charge in [-0.1, -0.05) is 41.4 Å². The largest absolute Gasteiger partial charge is 0.0651 e. The van der Waals surface area contributed by atoms with E-state index in [1.54, 1.807) is 0 Å². The van der Waals surface area contributed by atoms with E-state index in [4.69, 9.17) is 0 Å². The van der Waals surface area contributed by atoms with Crippen molar-refractivity contribution in [2.24, 2.45) is 5.92 Å². The summed E-state index contributed by atoms with van der Waals surface area (Å²) in [6.45, 7) is 2.28. The van der Waals surface area contributed by atoms with Crippen LogP contribution in [0.4, 0.5) is 0 Å². The zero-order valence-electron chi connectivity index (χ0n) is 7.26. The van der Waals surface area contributed by atoms with E-state index < -0.39 is 0 Å². The molecule has 0 radical (unpaired) electrons. The van der Waals surface area contributed by atoms with E-state index in [1.165, 1.54) is 22.9 Å². The molecule has 1 aliphatic rings. The summed E-state index contributed by atoms with van der Waals surface area (Å²) in [6, 6.07) is 8.71. The number of hydrogen-bond acceptors (Lipinski definition) is 0. The molecule has 0 aromatic heterocycles. The SMILES string of the molecule is CCC1CC1c1cccc(Br)c1. The molecule has 0 N–H and O–H groups in total. The first kappa shape index (κ1) is 8.31. The van der Waals surface area contributed by atoms with E-state index in [9.17, 15) is 0 Å². The lowest BCUT2D eigenvalue weighted by atomic mass is 10.1. The molecule has 0 bridgehead atoms. The minimum Gasteiger partial charge on any atom is -0.0651 e. The standard InChI is InChI=1S/C11H13Br/c1-2-8-7-11(8)9-4-3-5-10(12)6-9/h3-6,8,11H,2,7H2,1H3. The summed E-state index contributed by atoms with van der Waals surface area (Å²) in [5, 5.41) is 0. The Balaban J connectivity index is 2.14. The first-order valence-electron chi connectivity index (χ1n) is 4.56. The minimum absolute atomic E-state index is 0.854. The van der Waals surface area contributed by atoms with Crippen molar-refractivity contribution in [1.29, 1.82) is 0 Å². The van der Waals surface area contributed by atoms with Gasteiger partial charge in [0.25, 0.3) is 0 Å². The highest BCUT2D eigenvalue weighted by atomic mass is 79.9. The highest BCUT2D eigenvalue weighted by Crippen LogP contribution is 2.49. The molecule has 0 saturated heterocycles. The van der Waals surface area contributed by atoms with Crippen LogP contribution in [-0.4, -0.2) is 0 Å². The minimum atomic E-state index is 0.854. The smallest absolute Gasteiger partial charge is 0.0178 e. The molecule has 0 amide bonds. The van der Waals surface area contributed by atoms with Gasteiger partial charge in [0.1, 0.15) is 0 Å². The van der Waals surface area contributed by atoms with Crippen molar-refractivity contribution in [3.8, 4) is 0 Å². The zero-order chi connectivity index (χ0) is 8.55. The van der Waals surface area contributed by atoms with E-state index >= 15 is 0 Å². The van der Waals surface area contributed by atoms with Crippen molar-refractivity contribution in [1.82, 2.24) is 0 Å². The van der Waals surface area contributed by atoms with Gasteiger partial charge in [-0.2, -0.15) is 0 Å². The van der Waals surface area contributed by atoms with Gasteiger partial charge in [-0.15, -0.1) is 0 Å². The van der Waals surface area contributed by atoms with Crippen LogP contribution in [0.25, 0.3) is 0 Å². The van der Waals surface area contributed by atoms with Gasteiger partial charge in [0.05, 0.1) is 0 Å². The third-order valence-corrected chi connectivity index (χ3v) is 3.22. The number of halogens is 1. The highest BCUT2D eigenvalue weighted by molar-refractivity contribution is 9.10. The maximum Gasteiger partial charge on any atom is 0.0178 e. The van der Waals surface area contributed by atoms with Gasteiger partial charge >= 0.3 is 0 Å². The van der Waals surface area contributed by atoms with Crippen LogP contribution in [0, 0.1) is 5.92 Å². The van der Waals surface area contributed by atoms with Crippen molar-refractivity contribution in [3.05, 3.63) is 34.3 Å². The maximum atomic E-state index is 3.50. The van der Waals surface area contributed by atoms with Crippen LogP contribution in [0.5, 0.6) is 0 Å². The first-order chi connectivity index (χ1) is 5.81. The average Bonchev–Trinajstić information content (AvgIpc) is 2.83. The van der Waals surface area contributed by atoms with Gasteiger partial charge in [0.15, 0.2) is 0 Å². The Hall–Kier alpha value is -0.300. The third kappa shape index (κ3) is 1.56. The molecule has 1 saturated carbocycles. The summed E-state index contributed by atoms with van der Waals surface area (Å²) in [5.74, 6) is 1.81. The van der Waals surface area contributed by atoms with Gasteiger partial charge in [0.2, 0.25) is 0 Å². The molecule has 0 heterocycles. The van der Waals surface area contributed by atoms with Crippen LogP contribution in [0.1, 0.15) is 31.2 Å². The van der Waals surface area contributed by atoms with E-state index in [0.29, 0.717) is 0 Å². The summed E-state index contributed by atoms with van der Waals surface area (Å²) in [4.78, 5) is 0. The molecule has 1 aliphatic carbocycles. The van der Waals surface area contributed by atoms with Crippen LogP contribution in [0.3, 0.4) is 0 Å². The molecule has 0 spiro atoms. The number of rotatable bonds is 2. The summed E-state index contributed by atoms with van der Waals surface area (Å²) in [7, 11) is 0. The van der Waals surface area contributed by atoms with Gasteiger partial charge in [-0.25, -0.2) is 0 Å². The molecule has 0 nitrogen and oxygen atoms in total. The van der Waals surface area contributed by atoms with Crippen molar-refractivity contribution in [2.45, 2.75) is 25.7 Å². The normalized spacial score (nSPS) is 27.2. The van der Waals surface area contributed by atoms with Crippen molar-refractivity contribution >= 4 is 15.9 Å². The van der Waals surface area contributed by atoms with Crippen molar-refractivity contribution < 1.29 is 0 Å². The average molecular weight is 225 g/mol. The van der Waals surface area contributed by atoms with E-state index in [0.717, 1.165) is 11.8 Å². The Morgan fingerprint density at radius 3 is 2.92 bits per heavy atom. The van der Waals surface area contributed by atoms with Gasteiger partial charge in [0, 0.05) is 4.47 Å². The fourth-order valence-electron chi connectivity index (χ4n) is 1.84. The Labute approximate surface area is 82.1 Å². The van der Waals surface area contributed by atoms with Crippen LogP contribution >= 0.6 is 15.9 Å². The molecule has 2 atom stereocenters. The van der Waals surface area contributed by atoms with Crippen LogP contribution in [0.15, 0.2) is 28.7 Å². The molecule has 2 unspecified atom stereocenters. The van der Waals surface area contributed by atoms with Gasteiger partial charge < -0.3 is 0 Å². The number of hydrogen-bond donors (Lipinski definition) is 0. The molecule has 1 aromatic carbocycles. The lowest BCUT2D eigenvalue weighted by Crippen LogP contribution is -1.81. The van der Waals surface area contributed by atoms with Crippen molar-refractivity contribution in [3.63, 3.8) is 0 Å². The van der Waals surface area contributed by atoms with Gasteiger partial charge in [-0.05, 0) is 36.0 Å². The Morgan fingerprint density at radius 2 is 2.33 bits per heavy atom. The van der Waals surface area contributed by atoms with E-state index in [1.807, 2.05) is 0 Å². The zero-order valence-corrected chi connectivity index (χ0v) is 8.84. The summed E-state index contributed by atoms with van der Waals surface area (Å²) >= 11 is 3.50. The highest BCUT2D eigenvalue weighted by Gasteiger charge is 2.36. The maximum absolute atomic E-state index is 3.50. The van der Waals surface area contributed by atoms with Crippen molar-refractivity contribution in [2.75, 3.05) is 0 Å².